The van der Waals surface area contributed by atoms with Crippen molar-refractivity contribution in [2.45, 2.75) is 71.9 Å². The third kappa shape index (κ3) is 8.76. The van der Waals surface area contributed by atoms with Gasteiger partial charge in [-0.3, -0.25) is 10.1 Å². The largest absolute Gasteiger partial charge is 0.450 e. The van der Waals surface area contributed by atoms with E-state index in [1.807, 2.05) is 25.7 Å². The second-order valence-corrected chi connectivity index (χ2v) is 10.2. The molecule has 0 aromatic carbocycles. The number of alkyl carbamates (subject to hydrolysis) is 1. The molecule has 192 valence electrons. The number of nitriles is 1. The number of morpholine rings is 1. The summed E-state index contributed by atoms with van der Waals surface area (Å²) < 4.78 is 10.5. The molecule has 0 saturated carbocycles. The van der Waals surface area contributed by atoms with Gasteiger partial charge in [-0.15, -0.1) is 0 Å². The third-order valence-corrected chi connectivity index (χ3v) is 6.01. The minimum Gasteiger partial charge on any atom is -0.450 e. The fraction of sp³-hybridized carbons (Fsp3) is 0.833. The highest BCUT2D eigenvalue weighted by Gasteiger charge is 2.38. The molecule has 10 heteroatoms. The summed E-state index contributed by atoms with van der Waals surface area (Å²) in [5.74, 6) is 0.00626. The SMILES string of the molecule is CCCN1CCC(C#N)(NC(=O)C(CC(C)(C)C)/N=C(\NC(=O)OCC)N2CCOCC2)CC1. The van der Waals surface area contributed by atoms with Crippen LogP contribution in [-0.2, 0) is 14.3 Å². The van der Waals surface area contributed by atoms with Gasteiger partial charge in [0.2, 0.25) is 11.9 Å². The number of aliphatic imine (C=N–C) groups is 1. The molecule has 2 N–H and O–H groups in total. The van der Waals surface area contributed by atoms with Crippen molar-refractivity contribution in [2.75, 3.05) is 52.5 Å². The topological polar surface area (TPSA) is 119 Å². The van der Waals surface area contributed by atoms with Crippen molar-refractivity contribution < 1.29 is 19.1 Å². The molecule has 2 amide bonds. The van der Waals surface area contributed by atoms with Gasteiger partial charge >= 0.3 is 6.09 Å². The number of likely N-dealkylation sites (tertiary alicyclic amines) is 1. The quantitative estimate of drug-likeness (QED) is 0.425. The highest BCUT2D eigenvalue weighted by atomic mass is 16.5. The average molecular weight is 479 g/mol. The number of ether oxygens (including phenoxy) is 2. The van der Waals surface area contributed by atoms with E-state index < -0.39 is 17.7 Å². The van der Waals surface area contributed by atoms with Crippen LogP contribution in [0.15, 0.2) is 4.99 Å². The molecule has 0 aliphatic carbocycles. The van der Waals surface area contributed by atoms with Gasteiger partial charge in [0.25, 0.3) is 0 Å². The number of nitrogens with zero attached hydrogens (tertiary/aromatic N) is 4. The van der Waals surface area contributed by atoms with Crippen molar-refractivity contribution in [1.82, 2.24) is 20.4 Å². The molecular formula is C24H42N6O4. The van der Waals surface area contributed by atoms with Crippen LogP contribution in [0.1, 0.15) is 60.3 Å². The average Bonchev–Trinajstić information content (AvgIpc) is 2.79. The van der Waals surface area contributed by atoms with Crippen LogP contribution in [0.5, 0.6) is 0 Å². The van der Waals surface area contributed by atoms with E-state index in [9.17, 15) is 14.9 Å². The first kappa shape index (κ1) is 27.9. The molecule has 2 fully saturated rings. The molecule has 1 atom stereocenters. The normalized spacial score (nSPS) is 20.2. The third-order valence-electron chi connectivity index (χ3n) is 6.01. The van der Waals surface area contributed by atoms with Crippen LogP contribution in [0.3, 0.4) is 0 Å². The summed E-state index contributed by atoms with van der Waals surface area (Å²) in [7, 11) is 0. The van der Waals surface area contributed by atoms with E-state index in [0.29, 0.717) is 51.5 Å². The van der Waals surface area contributed by atoms with Crippen molar-refractivity contribution in [1.29, 1.82) is 5.26 Å². The van der Waals surface area contributed by atoms with Crippen molar-refractivity contribution >= 4 is 18.0 Å². The maximum absolute atomic E-state index is 13.5. The Labute approximate surface area is 204 Å². The van der Waals surface area contributed by atoms with Crippen LogP contribution in [0.4, 0.5) is 4.79 Å². The molecule has 2 aliphatic heterocycles. The van der Waals surface area contributed by atoms with Gasteiger partial charge in [0.15, 0.2) is 0 Å². The highest BCUT2D eigenvalue weighted by molar-refractivity contribution is 5.96. The van der Waals surface area contributed by atoms with Gasteiger partial charge in [-0.25, -0.2) is 9.79 Å². The lowest BCUT2D eigenvalue weighted by atomic mass is 9.85. The molecule has 0 aromatic rings. The van der Waals surface area contributed by atoms with Gasteiger partial charge < -0.3 is 24.6 Å². The lowest BCUT2D eigenvalue weighted by molar-refractivity contribution is -0.124. The molecule has 0 radical (unpaired) electrons. The first-order valence-electron chi connectivity index (χ1n) is 12.4. The van der Waals surface area contributed by atoms with E-state index in [4.69, 9.17) is 14.5 Å². The summed E-state index contributed by atoms with van der Waals surface area (Å²) in [5.41, 5.74) is -1.10. The zero-order chi connectivity index (χ0) is 25.2. The second kappa shape index (κ2) is 12.9. The fourth-order valence-corrected chi connectivity index (χ4v) is 4.21. The van der Waals surface area contributed by atoms with Gasteiger partial charge in [-0.2, -0.15) is 5.26 Å². The van der Waals surface area contributed by atoms with E-state index in [0.717, 1.165) is 26.1 Å². The zero-order valence-corrected chi connectivity index (χ0v) is 21.5. The van der Waals surface area contributed by atoms with Gasteiger partial charge in [-0.05, 0) is 44.6 Å². The lowest BCUT2D eigenvalue weighted by Crippen LogP contribution is -2.57. The maximum atomic E-state index is 13.5. The number of hydrogen-bond donors (Lipinski definition) is 2. The van der Waals surface area contributed by atoms with Crippen LogP contribution < -0.4 is 10.6 Å². The van der Waals surface area contributed by atoms with Gasteiger partial charge in [0, 0.05) is 26.2 Å². The number of guanidine groups is 1. The Morgan fingerprint density at radius 1 is 1.18 bits per heavy atom. The molecule has 2 rings (SSSR count). The molecule has 2 heterocycles. The minimum atomic E-state index is -0.902. The van der Waals surface area contributed by atoms with Crippen molar-refractivity contribution in [3.05, 3.63) is 0 Å². The summed E-state index contributed by atoms with van der Waals surface area (Å²) in [6.45, 7) is 14.9. The molecule has 10 nitrogen and oxygen atoms in total. The summed E-state index contributed by atoms with van der Waals surface area (Å²) in [6.07, 6.45) is 2.07. The molecule has 2 saturated heterocycles. The number of carbonyl (C=O) groups excluding carboxylic acids is 2. The van der Waals surface area contributed by atoms with E-state index in [2.05, 4.69) is 28.5 Å². The number of hydrogen-bond acceptors (Lipinski definition) is 7. The van der Waals surface area contributed by atoms with Crippen LogP contribution in [0.25, 0.3) is 0 Å². The van der Waals surface area contributed by atoms with E-state index in [1.54, 1.807) is 6.92 Å². The van der Waals surface area contributed by atoms with Crippen molar-refractivity contribution in [3.8, 4) is 6.07 Å². The Balaban J connectivity index is 2.26. The van der Waals surface area contributed by atoms with Gasteiger partial charge in [0.05, 0.1) is 25.9 Å². The van der Waals surface area contributed by atoms with E-state index in [-0.39, 0.29) is 17.9 Å². The number of carbonyl (C=O) groups is 2. The number of amides is 2. The maximum Gasteiger partial charge on any atom is 0.413 e. The van der Waals surface area contributed by atoms with E-state index in [1.165, 1.54) is 0 Å². The summed E-state index contributed by atoms with van der Waals surface area (Å²) in [4.78, 5) is 34.7. The highest BCUT2D eigenvalue weighted by Crippen LogP contribution is 2.26. The Morgan fingerprint density at radius 2 is 1.82 bits per heavy atom. The number of piperidine rings is 1. The summed E-state index contributed by atoms with van der Waals surface area (Å²) in [5, 5.41) is 15.7. The molecule has 0 bridgehead atoms. The molecule has 1 unspecified atom stereocenters. The lowest BCUT2D eigenvalue weighted by Gasteiger charge is -2.38. The first-order valence-corrected chi connectivity index (χ1v) is 12.4. The van der Waals surface area contributed by atoms with Gasteiger partial charge in [0.1, 0.15) is 11.6 Å². The standard InChI is InChI=1S/C24H42N6O4/c1-6-10-29-11-8-24(18-25,9-12-29)28-20(31)19(17-23(3,4)5)26-21(27-22(32)34-7-2)30-13-15-33-16-14-30/h19H,6-17H2,1-5H3,(H,28,31)(H,26,27,32). The Kier molecular flexibility index (Phi) is 10.6. The van der Waals surface area contributed by atoms with Crippen molar-refractivity contribution in [2.24, 2.45) is 10.4 Å². The Morgan fingerprint density at radius 3 is 2.35 bits per heavy atom. The van der Waals surface area contributed by atoms with Crippen LogP contribution in [0.2, 0.25) is 0 Å². The number of nitrogens with one attached hydrogen (secondary N) is 2. The van der Waals surface area contributed by atoms with Crippen molar-refractivity contribution in [3.63, 3.8) is 0 Å². The summed E-state index contributed by atoms with van der Waals surface area (Å²) in [6, 6.07) is 1.61. The monoisotopic (exact) mass is 478 g/mol. The smallest absolute Gasteiger partial charge is 0.413 e. The molecule has 0 spiro atoms. The molecule has 2 aliphatic rings. The predicted octanol–water partition coefficient (Wildman–Crippen LogP) is 2.11. The zero-order valence-electron chi connectivity index (χ0n) is 21.5. The molecular weight excluding hydrogens is 436 g/mol. The van der Waals surface area contributed by atoms with Crippen LogP contribution >= 0.6 is 0 Å². The van der Waals surface area contributed by atoms with Crippen LogP contribution in [-0.4, -0.2) is 91.9 Å². The van der Waals surface area contributed by atoms with E-state index >= 15 is 0 Å². The van der Waals surface area contributed by atoms with Gasteiger partial charge in [-0.1, -0.05) is 27.7 Å². The fourth-order valence-electron chi connectivity index (χ4n) is 4.21. The number of rotatable bonds is 7. The summed E-state index contributed by atoms with van der Waals surface area (Å²) >= 11 is 0. The second-order valence-electron chi connectivity index (χ2n) is 10.2. The Bertz CT molecular complexity index is 744. The first-order chi connectivity index (χ1) is 16.1. The molecule has 0 aromatic heterocycles. The Hall–Kier alpha value is -2.38. The predicted molar refractivity (Wildman–Crippen MR) is 130 cm³/mol. The minimum absolute atomic E-state index is 0.199. The molecule has 34 heavy (non-hydrogen) atoms. The van der Waals surface area contributed by atoms with Crippen LogP contribution in [0, 0.1) is 16.7 Å².